The number of rotatable bonds is 6. The lowest BCUT2D eigenvalue weighted by atomic mass is 10.1. The molecule has 0 bridgehead atoms. The summed E-state index contributed by atoms with van der Waals surface area (Å²) < 4.78 is 0. The lowest BCUT2D eigenvalue weighted by Crippen LogP contribution is -2.30. The van der Waals surface area contributed by atoms with E-state index in [2.05, 4.69) is 40.3 Å². The van der Waals surface area contributed by atoms with Crippen molar-refractivity contribution in [2.24, 2.45) is 10.7 Å². The highest BCUT2D eigenvalue weighted by Gasteiger charge is 2.27. The van der Waals surface area contributed by atoms with Crippen LogP contribution in [-0.4, -0.2) is 36.5 Å². The largest absolute Gasteiger partial charge is 0.370 e. The summed E-state index contributed by atoms with van der Waals surface area (Å²) in [6, 6.07) is 7.34. The second-order valence-corrected chi connectivity index (χ2v) is 6.09. The van der Waals surface area contributed by atoms with Crippen molar-refractivity contribution in [2.45, 2.75) is 45.1 Å². The second kappa shape index (κ2) is 8.15. The standard InChI is InChI=1S/C17H26N4.HI/c1-2-21(16-8-9-16)11-10-19-17(18)20-15-7-6-13-4-3-5-14(13)12-15;/h6-7,12,16H,2-5,8-11H2,1H3,(H3,18,19,20);1H. The minimum absolute atomic E-state index is 0. The quantitative estimate of drug-likeness (QED) is 0.428. The topological polar surface area (TPSA) is 53.6 Å². The number of anilines is 1. The van der Waals surface area contributed by atoms with Crippen LogP contribution in [0.4, 0.5) is 5.69 Å². The Bertz CT molecular complexity index is 525. The van der Waals surface area contributed by atoms with E-state index in [1.54, 1.807) is 0 Å². The van der Waals surface area contributed by atoms with E-state index >= 15 is 0 Å². The molecule has 3 N–H and O–H groups in total. The predicted octanol–water partition coefficient (Wildman–Crippen LogP) is 3.00. The zero-order chi connectivity index (χ0) is 14.7. The van der Waals surface area contributed by atoms with E-state index < -0.39 is 0 Å². The van der Waals surface area contributed by atoms with Crippen molar-refractivity contribution in [2.75, 3.05) is 25.0 Å². The maximum absolute atomic E-state index is 5.99. The summed E-state index contributed by atoms with van der Waals surface area (Å²) >= 11 is 0. The zero-order valence-corrected chi connectivity index (χ0v) is 15.7. The van der Waals surface area contributed by atoms with Crippen LogP contribution in [0, 0.1) is 0 Å². The minimum atomic E-state index is 0. The van der Waals surface area contributed by atoms with Crippen LogP contribution in [0.3, 0.4) is 0 Å². The van der Waals surface area contributed by atoms with Gasteiger partial charge < -0.3 is 11.1 Å². The van der Waals surface area contributed by atoms with Gasteiger partial charge in [0.25, 0.3) is 0 Å². The Labute approximate surface area is 150 Å². The first-order valence-electron chi connectivity index (χ1n) is 8.19. The minimum Gasteiger partial charge on any atom is -0.370 e. The van der Waals surface area contributed by atoms with E-state index in [0.717, 1.165) is 31.4 Å². The van der Waals surface area contributed by atoms with Gasteiger partial charge in [0.1, 0.15) is 0 Å². The van der Waals surface area contributed by atoms with Gasteiger partial charge in [-0.3, -0.25) is 9.89 Å². The van der Waals surface area contributed by atoms with Crippen LogP contribution in [0.1, 0.15) is 37.3 Å². The Hall–Kier alpha value is -0.820. The number of aryl methyl sites for hydroxylation is 2. The average molecular weight is 414 g/mol. The Kier molecular flexibility index (Phi) is 6.50. The highest BCUT2D eigenvalue weighted by Crippen LogP contribution is 2.26. The Morgan fingerprint density at radius 2 is 2.09 bits per heavy atom. The smallest absolute Gasteiger partial charge is 0.193 e. The van der Waals surface area contributed by atoms with Crippen molar-refractivity contribution in [3.63, 3.8) is 0 Å². The molecular weight excluding hydrogens is 387 g/mol. The molecular formula is C17H27IN4. The summed E-state index contributed by atoms with van der Waals surface area (Å²) in [5.41, 5.74) is 9.99. The molecule has 0 atom stereocenters. The van der Waals surface area contributed by atoms with Gasteiger partial charge in [0, 0.05) is 18.3 Å². The molecule has 122 valence electrons. The molecule has 1 aromatic rings. The van der Waals surface area contributed by atoms with Crippen molar-refractivity contribution in [3.8, 4) is 0 Å². The molecule has 2 aliphatic carbocycles. The molecule has 1 fully saturated rings. The number of nitrogens with two attached hydrogens (primary N) is 1. The van der Waals surface area contributed by atoms with Crippen molar-refractivity contribution < 1.29 is 0 Å². The van der Waals surface area contributed by atoms with Crippen LogP contribution < -0.4 is 11.1 Å². The van der Waals surface area contributed by atoms with Crippen molar-refractivity contribution >= 4 is 35.6 Å². The fourth-order valence-electron chi connectivity index (χ4n) is 3.17. The molecule has 0 amide bonds. The monoisotopic (exact) mass is 414 g/mol. The molecule has 0 spiro atoms. The third-order valence-corrected chi connectivity index (χ3v) is 4.51. The lowest BCUT2D eigenvalue weighted by Gasteiger charge is -2.18. The van der Waals surface area contributed by atoms with Crippen LogP contribution in [0.25, 0.3) is 0 Å². The summed E-state index contributed by atoms with van der Waals surface area (Å²) in [5, 5.41) is 3.22. The molecule has 0 saturated heterocycles. The van der Waals surface area contributed by atoms with Gasteiger partial charge in [-0.15, -0.1) is 24.0 Å². The number of hydrogen-bond acceptors (Lipinski definition) is 2. The van der Waals surface area contributed by atoms with Crippen molar-refractivity contribution in [1.29, 1.82) is 0 Å². The third-order valence-electron chi connectivity index (χ3n) is 4.51. The van der Waals surface area contributed by atoms with Crippen LogP contribution in [0.5, 0.6) is 0 Å². The summed E-state index contributed by atoms with van der Waals surface area (Å²) in [7, 11) is 0. The van der Waals surface area contributed by atoms with Gasteiger partial charge in [-0.05, 0) is 61.9 Å². The van der Waals surface area contributed by atoms with Gasteiger partial charge in [0.2, 0.25) is 0 Å². The fourth-order valence-corrected chi connectivity index (χ4v) is 3.17. The number of hydrogen-bond donors (Lipinski definition) is 2. The molecule has 0 aromatic heterocycles. The van der Waals surface area contributed by atoms with E-state index in [1.807, 2.05) is 0 Å². The number of likely N-dealkylation sites (N-methyl/N-ethyl adjacent to an activating group) is 1. The zero-order valence-electron chi connectivity index (χ0n) is 13.3. The number of fused-ring (bicyclic) bond motifs is 1. The Balaban J connectivity index is 0.00000176. The maximum atomic E-state index is 5.99. The van der Waals surface area contributed by atoms with Gasteiger partial charge in [-0.1, -0.05) is 13.0 Å². The summed E-state index contributed by atoms with van der Waals surface area (Å²) in [6.45, 7) is 5.11. The number of benzene rings is 1. The molecule has 1 saturated carbocycles. The van der Waals surface area contributed by atoms with E-state index in [1.165, 1.54) is 43.2 Å². The number of halogens is 1. The molecule has 5 heteroatoms. The predicted molar refractivity (Wildman–Crippen MR) is 104 cm³/mol. The Morgan fingerprint density at radius 1 is 1.32 bits per heavy atom. The molecule has 2 aliphatic rings. The third kappa shape index (κ3) is 4.59. The molecule has 4 nitrogen and oxygen atoms in total. The molecule has 0 radical (unpaired) electrons. The van der Waals surface area contributed by atoms with Gasteiger partial charge >= 0.3 is 0 Å². The van der Waals surface area contributed by atoms with Gasteiger partial charge in [0.05, 0.1) is 6.54 Å². The molecule has 1 aromatic carbocycles. The number of aliphatic imine (C=N–C) groups is 1. The van der Waals surface area contributed by atoms with Crippen molar-refractivity contribution in [3.05, 3.63) is 29.3 Å². The molecule has 22 heavy (non-hydrogen) atoms. The van der Waals surface area contributed by atoms with Gasteiger partial charge in [0.15, 0.2) is 5.96 Å². The van der Waals surface area contributed by atoms with Crippen LogP contribution >= 0.6 is 24.0 Å². The summed E-state index contributed by atoms with van der Waals surface area (Å²) in [5.74, 6) is 0.528. The highest BCUT2D eigenvalue weighted by atomic mass is 127. The SMILES string of the molecule is CCN(CCN=C(N)Nc1ccc2c(c1)CCC2)C1CC1.I. The molecule has 0 heterocycles. The number of guanidine groups is 1. The van der Waals surface area contributed by atoms with Crippen molar-refractivity contribution in [1.82, 2.24) is 4.90 Å². The molecule has 0 unspecified atom stereocenters. The number of nitrogens with zero attached hydrogens (tertiary/aromatic N) is 2. The highest BCUT2D eigenvalue weighted by molar-refractivity contribution is 14.0. The van der Waals surface area contributed by atoms with E-state index in [0.29, 0.717) is 5.96 Å². The molecule has 3 rings (SSSR count). The van der Waals surface area contributed by atoms with Crippen LogP contribution in [0.15, 0.2) is 23.2 Å². The summed E-state index contributed by atoms with van der Waals surface area (Å²) in [4.78, 5) is 6.94. The van der Waals surface area contributed by atoms with Crippen LogP contribution in [-0.2, 0) is 12.8 Å². The first kappa shape index (κ1) is 17.5. The average Bonchev–Trinajstić information content (AvgIpc) is 3.21. The second-order valence-electron chi connectivity index (χ2n) is 6.09. The normalized spacial score (nSPS) is 17.3. The Morgan fingerprint density at radius 3 is 2.82 bits per heavy atom. The van der Waals surface area contributed by atoms with Gasteiger partial charge in [-0.2, -0.15) is 0 Å². The molecule has 0 aliphatic heterocycles. The maximum Gasteiger partial charge on any atom is 0.193 e. The first-order valence-corrected chi connectivity index (χ1v) is 8.19. The van der Waals surface area contributed by atoms with Crippen LogP contribution in [0.2, 0.25) is 0 Å². The van der Waals surface area contributed by atoms with Gasteiger partial charge in [-0.25, -0.2) is 0 Å². The first-order chi connectivity index (χ1) is 10.3. The fraction of sp³-hybridized carbons (Fsp3) is 0.588. The van der Waals surface area contributed by atoms with E-state index in [-0.39, 0.29) is 24.0 Å². The lowest BCUT2D eigenvalue weighted by molar-refractivity contribution is 0.286. The number of nitrogens with one attached hydrogen (secondary N) is 1. The van der Waals surface area contributed by atoms with E-state index in [4.69, 9.17) is 5.73 Å². The van der Waals surface area contributed by atoms with E-state index in [9.17, 15) is 0 Å². The summed E-state index contributed by atoms with van der Waals surface area (Å²) in [6.07, 6.45) is 6.37.